The van der Waals surface area contributed by atoms with Crippen LogP contribution < -0.4 is 0 Å². The SMILES string of the molecule is CN1CCC(c2cc(Br)n[nH]2)CC1. The minimum absolute atomic E-state index is 0.676. The van der Waals surface area contributed by atoms with Crippen molar-refractivity contribution in [1.29, 1.82) is 0 Å². The summed E-state index contributed by atoms with van der Waals surface area (Å²) in [6, 6.07) is 2.09. The van der Waals surface area contributed by atoms with Crippen molar-refractivity contribution in [2.75, 3.05) is 20.1 Å². The van der Waals surface area contributed by atoms with Crippen LogP contribution in [0.5, 0.6) is 0 Å². The Balaban J connectivity index is 2.02. The third-order valence-electron chi connectivity index (χ3n) is 2.72. The van der Waals surface area contributed by atoms with E-state index in [1.165, 1.54) is 31.6 Å². The number of nitrogens with zero attached hydrogens (tertiary/aromatic N) is 2. The van der Waals surface area contributed by atoms with Crippen molar-refractivity contribution in [1.82, 2.24) is 15.1 Å². The van der Waals surface area contributed by atoms with Gasteiger partial charge in [-0.3, -0.25) is 5.10 Å². The fourth-order valence-electron chi connectivity index (χ4n) is 1.84. The first-order chi connectivity index (χ1) is 6.25. The van der Waals surface area contributed by atoms with Gasteiger partial charge in [-0.25, -0.2) is 0 Å². The van der Waals surface area contributed by atoms with Crippen molar-refractivity contribution in [3.63, 3.8) is 0 Å². The molecule has 2 rings (SSSR count). The molecule has 4 heteroatoms. The molecule has 0 radical (unpaired) electrons. The fourth-order valence-corrected chi connectivity index (χ4v) is 2.17. The van der Waals surface area contributed by atoms with Crippen LogP contribution in [0.25, 0.3) is 0 Å². The molecular formula is C9H14BrN3. The molecule has 72 valence electrons. The highest BCUT2D eigenvalue weighted by atomic mass is 79.9. The van der Waals surface area contributed by atoms with Gasteiger partial charge in [-0.05, 0) is 55.0 Å². The molecule has 1 aromatic heterocycles. The fraction of sp³-hybridized carbons (Fsp3) is 0.667. The summed E-state index contributed by atoms with van der Waals surface area (Å²) in [6.45, 7) is 2.39. The Hall–Kier alpha value is -0.350. The van der Waals surface area contributed by atoms with E-state index in [9.17, 15) is 0 Å². The second-order valence-electron chi connectivity index (χ2n) is 3.72. The average Bonchev–Trinajstić information content (AvgIpc) is 2.53. The molecule has 0 unspecified atom stereocenters. The molecule has 0 atom stereocenters. The van der Waals surface area contributed by atoms with Crippen LogP contribution in [0.3, 0.4) is 0 Å². The number of hydrogen-bond acceptors (Lipinski definition) is 2. The predicted octanol–water partition coefficient (Wildman–Crippen LogP) is 1.98. The number of nitrogens with one attached hydrogen (secondary N) is 1. The number of aromatic nitrogens is 2. The maximum atomic E-state index is 4.09. The van der Waals surface area contributed by atoms with Gasteiger partial charge in [-0.1, -0.05) is 0 Å². The van der Waals surface area contributed by atoms with E-state index < -0.39 is 0 Å². The van der Waals surface area contributed by atoms with Gasteiger partial charge in [0, 0.05) is 11.6 Å². The second kappa shape index (κ2) is 3.80. The van der Waals surface area contributed by atoms with Crippen LogP contribution in [0.1, 0.15) is 24.5 Å². The van der Waals surface area contributed by atoms with Crippen LogP contribution in [0.15, 0.2) is 10.7 Å². The summed E-state index contributed by atoms with van der Waals surface area (Å²) in [6.07, 6.45) is 2.48. The Bertz CT molecular complexity index is 276. The summed E-state index contributed by atoms with van der Waals surface area (Å²) in [5, 5.41) is 7.16. The van der Waals surface area contributed by atoms with E-state index in [-0.39, 0.29) is 0 Å². The quantitative estimate of drug-likeness (QED) is 0.819. The van der Waals surface area contributed by atoms with Crippen LogP contribution >= 0.6 is 15.9 Å². The zero-order chi connectivity index (χ0) is 9.26. The standard InChI is InChI=1S/C9H14BrN3/c1-13-4-2-7(3-5-13)8-6-9(10)12-11-8/h6-7H,2-5H2,1H3,(H,11,12). The Morgan fingerprint density at radius 1 is 1.54 bits per heavy atom. The molecule has 1 aliphatic rings. The molecule has 0 saturated carbocycles. The van der Waals surface area contributed by atoms with Crippen LogP contribution in [0, 0.1) is 0 Å². The smallest absolute Gasteiger partial charge is 0.128 e. The van der Waals surface area contributed by atoms with Crippen molar-refractivity contribution in [2.24, 2.45) is 0 Å². The van der Waals surface area contributed by atoms with Gasteiger partial charge in [0.05, 0.1) is 0 Å². The van der Waals surface area contributed by atoms with E-state index >= 15 is 0 Å². The van der Waals surface area contributed by atoms with Crippen molar-refractivity contribution in [3.8, 4) is 0 Å². The largest absolute Gasteiger partial charge is 0.306 e. The molecule has 1 aliphatic heterocycles. The predicted molar refractivity (Wildman–Crippen MR) is 55.8 cm³/mol. The van der Waals surface area contributed by atoms with Crippen molar-refractivity contribution < 1.29 is 0 Å². The first-order valence-electron chi connectivity index (χ1n) is 4.65. The van der Waals surface area contributed by atoms with Gasteiger partial charge in [-0.15, -0.1) is 0 Å². The summed E-state index contributed by atoms with van der Waals surface area (Å²) >= 11 is 3.36. The molecule has 0 aromatic carbocycles. The Labute approximate surface area is 86.6 Å². The van der Waals surface area contributed by atoms with Crippen molar-refractivity contribution in [3.05, 3.63) is 16.4 Å². The van der Waals surface area contributed by atoms with Crippen LogP contribution in [0.4, 0.5) is 0 Å². The number of halogens is 1. The monoisotopic (exact) mass is 243 g/mol. The molecule has 1 saturated heterocycles. The van der Waals surface area contributed by atoms with Gasteiger partial charge in [-0.2, -0.15) is 5.10 Å². The summed E-state index contributed by atoms with van der Waals surface area (Å²) in [5.41, 5.74) is 1.28. The lowest BCUT2D eigenvalue weighted by molar-refractivity contribution is 0.253. The molecule has 0 bridgehead atoms. The maximum Gasteiger partial charge on any atom is 0.128 e. The molecule has 0 amide bonds. The number of aromatic amines is 1. The summed E-state index contributed by atoms with van der Waals surface area (Å²) in [7, 11) is 2.18. The minimum atomic E-state index is 0.676. The zero-order valence-electron chi connectivity index (χ0n) is 7.76. The number of likely N-dealkylation sites (tertiary alicyclic amines) is 1. The van der Waals surface area contributed by atoms with E-state index in [4.69, 9.17) is 0 Å². The van der Waals surface area contributed by atoms with Gasteiger partial charge < -0.3 is 4.90 Å². The maximum absolute atomic E-state index is 4.09. The Kier molecular flexibility index (Phi) is 2.69. The van der Waals surface area contributed by atoms with Gasteiger partial charge in [0.25, 0.3) is 0 Å². The van der Waals surface area contributed by atoms with Gasteiger partial charge in [0.15, 0.2) is 0 Å². The lowest BCUT2D eigenvalue weighted by Gasteiger charge is -2.27. The van der Waals surface area contributed by atoms with Gasteiger partial charge >= 0.3 is 0 Å². The van der Waals surface area contributed by atoms with E-state index in [1.807, 2.05) is 0 Å². The molecule has 2 heterocycles. The highest BCUT2D eigenvalue weighted by molar-refractivity contribution is 9.10. The number of rotatable bonds is 1. The van der Waals surface area contributed by atoms with Gasteiger partial charge in [0.2, 0.25) is 0 Å². The summed E-state index contributed by atoms with van der Waals surface area (Å²) in [4.78, 5) is 2.38. The number of H-pyrrole nitrogens is 1. The number of hydrogen-bond donors (Lipinski definition) is 1. The van der Waals surface area contributed by atoms with E-state index in [0.29, 0.717) is 5.92 Å². The average molecular weight is 244 g/mol. The zero-order valence-corrected chi connectivity index (χ0v) is 9.34. The molecule has 1 fully saturated rings. The second-order valence-corrected chi connectivity index (χ2v) is 4.54. The summed E-state index contributed by atoms with van der Waals surface area (Å²) in [5.74, 6) is 0.676. The first kappa shape index (κ1) is 9.21. The van der Waals surface area contributed by atoms with E-state index in [2.05, 4.69) is 44.1 Å². The highest BCUT2D eigenvalue weighted by Crippen LogP contribution is 2.27. The minimum Gasteiger partial charge on any atom is -0.306 e. The normalized spacial score (nSPS) is 20.8. The van der Waals surface area contributed by atoms with Crippen LogP contribution in [-0.2, 0) is 0 Å². The lowest BCUT2D eigenvalue weighted by Crippen LogP contribution is -2.29. The van der Waals surface area contributed by atoms with Crippen molar-refractivity contribution in [2.45, 2.75) is 18.8 Å². The van der Waals surface area contributed by atoms with E-state index in [1.54, 1.807) is 0 Å². The molecule has 0 aliphatic carbocycles. The van der Waals surface area contributed by atoms with Gasteiger partial charge in [0.1, 0.15) is 4.60 Å². The third-order valence-corrected chi connectivity index (χ3v) is 3.13. The van der Waals surface area contributed by atoms with Crippen LogP contribution in [0.2, 0.25) is 0 Å². The topological polar surface area (TPSA) is 31.9 Å². The molecule has 1 aromatic rings. The molecular weight excluding hydrogens is 230 g/mol. The lowest BCUT2D eigenvalue weighted by atomic mass is 9.94. The number of piperidine rings is 1. The molecule has 3 nitrogen and oxygen atoms in total. The third kappa shape index (κ3) is 2.11. The summed E-state index contributed by atoms with van der Waals surface area (Å²) < 4.78 is 0.918. The first-order valence-corrected chi connectivity index (χ1v) is 5.44. The van der Waals surface area contributed by atoms with E-state index in [0.717, 1.165) is 4.60 Å². The highest BCUT2D eigenvalue weighted by Gasteiger charge is 2.19. The Morgan fingerprint density at radius 3 is 2.77 bits per heavy atom. The van der Waals surface area contributed by atoms with Crippen molar-refractivity contribution >= 4 is 15.9 Å². The molecule has 13 heavy (non-hydrogen) atoms. The molecule has 0 spiro atoms. The molecule has 1 N–H and O–H groups in total. The van der Waals surface area contributed by atoms with Crippen LogP contribution in [-0.4, -0.2) is 35.2 Å². The Morgan fingerprint density at radius 2 is 2.23 bits per heavy atom.